The minimum Gasteiger partial charge on any atom is -0.390 e. The summed E-state index contributed by atoms with van der Waals surface area (Å²) < 4.78 is 5.85. The van der Waals surface area contributed by atoms with Crippen molar-refractivity contribution in [1.82, 2.24) is 0 Å². The van der Waals surface area contributed by atoms with E-state index in [9.17, 15) is 5.11 Å². The molecule has 0 aromatic rings. The smallest absolute Gasteiger partial charge is 0.0837 e. The Kier molecular flexibility index (Phi) is 8.03. The first-order chi connectivity index (χ1) is 8.70. The molecule has 2 atom stereocenters. The minimum absolute atomic E-state index is 0.00937. The Morgan fingerprint density at radius 1 is 1.00 bits per heavy atom. The van der Waals surface area contributed by atoms with Crippen LogP contribution >= 0.6 is 0 Å². The maximum Gasteiger partial charge on any atom is 0.0837 e. The number of aliphatic hydroxyl groups is 1. The molecule has 1 aliphatic carbocycles. The van der Waals surface area contributed by atoms with Crippen LogP contribution < -0.4 is 0 Å². The molecule has 0 saturated heterocycles. The molecular formula is C16H28O2. The van der Waals surface area contributed by atoms with E-state index in [2.05, 4.69) is 38.2 Å². The summed E-state index contributed by atoms with van der Waals surface area (Å²) in [5.74, 6) is 0.522. The van der Waals surface area contributed by atoms with Gasteiger partial charge < -0.3 is 9.84 Å². The van der Waals surface area contributed by atoms with Gasteiger partial charge in [-0.15, -0.1) is 0 Å². The van der Waals surface area contributed by atoms with E-state index < -0.39 is 0 Å². The van der Waals surface area contributed by atoms with Crippen LogP contribution in [0, 0.1) is 5.92 Å². The van der Waals surface area contributed by atoms with E-state index in [4.69, 9.17) is 4.74 Å². The van der Waals surface area contributed by atoms with Crippen LogP contribution in [0.3, 0.4) is 0 Å². The minimum atomic E-state index is -0.332. The second-order valence-electron chi connectivity index (χ2n) is 5.51. The SMILES string of the molecule is CC(C)COC1CC/C=C\CC/C=C\CCC1O. The number of aliphatic hydroxyl groups excluding tert-OH is 1. The van der Waals surface area contributed by atoms with E-state index in [1.807, 2.05) is 0 Å². The molecule has 0 aromatic carbocycles. The van der Waals surface area contributed by atoms with Gasteiger partial charge in [0.25, 0.3) is 0 Å². The Morgan fingerprint density at radius 2 is 1.56 bits per heavy atom. The fourth-order valence-electron chi connectivity index (χ4n) is 2.08. The molecule has 0 amide bonds. The summed E-state index contributed by atoms with van der Waals surface area (Å²) in [4.78, 5) is 0. The maximum absolute atomic E-state index is 10.2. The molecule has 0 aromatic heterocycles. The highest BCUT2D eigenvalue weighted by Gasteiger charge is 2.19. The van der Waals surface area contributed by atoms with Crippen molar-refractivity contribution in [2.75, 3.05) is 6.61 Å². The zero-order valence-electron chi connectivity index (χ0n) is 11.8. The lowest BCUT2D eigenvalue weighted by Gasteiger charge is -2.24. The lowest BCUT2D eigenvalue weighted by molar-refractivity contribution is -0.0519. The summed E-state index contributed by atoms with van der Waals surface area (Å²) in [6.45, 7) is 5.02. The van der Waals surface area contributed by atoms with Gasteiger partial charge in [-0.1, -0.05) is 38.2 Å². The first-order valence-corrected chi connectivity index (χ1v) is 7.30. The molecule has 0 saturated carbocycles. The van der Waals surface area contributed by atoms with E-state index in [0.29, 0.717) is 5.92 Å². The molecule has 1 N–H and O–H groups in total. The second kappa shape index (κ2) is 9.35. The van der Waals surface area contributed by atoms with Crippen LogP contribution in [0.2, 0.25) is 0 Å². The molecule has 104 valence electrons. The molecular weight excluding hydrogens is 224 g/mol. The third-order valence-corrected chi connectivity index (χ3v) is 3.15. The summed E-state index contributed by atoms with van der Waals surface area (Å²) in [6.07, 6.45) is 14.4. The zero-order valence-corrected chi connectivity index (χ0v) is 11.8. The number of rotatable bonds is 3. The Hall–Kier alpha value is -0.600. The van der Waals surface area contributed by atoms with E-state index >= 15 is 0 Å². The highest BCUT2D eigenvalue weighted by atomic mass is 16.5. The zero-order chi connectivity index (χ0) is 13.2. The predicted octanol–water partition coefficient (Wildman–Crippen LogP) is 3.86. The fourth-order valence-corrected chi connectivity index (χ4v) is 2.08. The van der Waals surface area contributed by atoms with Gasteiger partial charge in [-0.2, -0.15) is 0 Å². The van der Waals surface area contributed by atoms with Crippen molar-refractivity contribution < 1.29 is 9.84 Å². The Bertz CT molecular complexity index is 256. The molecule has 0 fully saturated rings. The highest BCUT2D eigenvalue weighted by Crippen LogP contribution is 2.15. The van der Waals surface area contributed by atoms with E-state index in [1.54, 1.807) is 0 Å². The van der Waals surface area contributed by atoms with Gasteiger partial charge in [0.15, 0.2) is 0 Å². The van der Waals surface area contributed by atoms with Crippen LogP contribution in [0.15, 0.2) is 24.3 Å². The number of hydrogen-bond donors (Lipinski definition) is 1. The number of allylic oxidation sites excluding steroid dienone is 4. The van der Waals surface area contributed by atoms with Gasteiger partial charge in [-0.3, -0.25) is 0 Å². The fraction of sp³-hybridized carbons (Fsp3) is 0.750. The monoisotopic (exact) mass is 252 g/mol. The molecule has 0 bridgehead atoms. The van der Waals surface area contributed by atoms with Gasteiger partial charge in [-0.05, 0) is 44.4 Å². The van der Waals surface area contributed by atoms with Crippen LogP contribution in [-0.2, 0) is 4.74 Å². The van der Waals surface area contributed by atoms with Crippen LogP contribution in [-0.4, -0.2) is 23.9 Å². The van der Waals surface area contributed by atoms with Crippen molar-refractivity contribution in [3.63, 3.8) is 0 Å². The third kappa shape index (κ3) is 6.97. The van der Waals surface area contributed by atoms with Crippen molar-refractivity contribution in [2.24, 2.45) is 5.92 Å². The van der Waals surface area contributed by atoms with Crippen molar-refractivity contribution in [3.05, 3.63) is 24.3 Å². The predicted molar refractivity (Wildman–Crippen MR) is 76.6 cm³/mol. The lowest BCUT2D eigenvalue weighted by Crippen LogP contribution is -2.30. The second-order valence-corrected chi connectivity index (χ2v) is 5.51. The first-order valence-electron chi connectivity index (χ1n) is 7.30. The Balaban J connectivity index is 2.48. The molecule has 1 rings (SSSR count). The van der Waals surface area contributed by atoms with Crippen molar-refractivity contribution in [3.8, 4) is 0 Å². The standard InChI is InChI=1S/C16H28O2/c1-14(2)13-18-16-12-10-8-6-4-3-5-7-9-11-15(16)17/h5-8,14-17H,3-4,9-13H2,1-2H3/b7-5-,8-6-. The largest absolute Gasteiger partial charge is 0.390 e. The van der Waals surface area contributed by atoms with Gasteiger partial charge in [0.2, 0.25) is 0 Å². The van der Waals surface area contributed by atoms with Crippen LogP contribution in [0.5, 0.6) is 0 Å². The van der Waals surface area contributed by atoms with Crippen molar-refractivity contribution in [2.45, 2.75) is 64.6 Å². The van der Waals surface area contributed by atoms with Crippen molar-refractivity contribution >= 4 is 0 Å². The molecule has 0 heterocycles. The summed E-state index contributed by atoms with van der Waals surface area (Å²) in [7, 11) is 0. The molecule has 0 aliphatic heterocycles. The molecule has 0 radical (unpaired) electrons. The molecule has 1 aliphatic rings. The number of ether oxygens (including phenoxy) is 1. The molecule has 2 unspecified atom stereocenters. The third-order valence-electron chi connectivity index (χ3n) is 3.15. The van der Waals surface area contributed by atoms with E-state index in [0.717, 1.165) is 45.1 Å². The van der Waals surface area contributed by atoms with Gasteiger partial charge in [-0.25, -0.2) is 0 Å². The van der Waals surface area contributed by atoms with Crippen LogP contribution in [0.1, 0.15) is 52.4 Å². The summed E-state index contributed by atoms with van der Waals surface area (Å²) in [5.41, 5.74) is 0. The summed E-state index contributed by atoms with van der Waals surface area (Å²) >= 11 is 0. The van der Waals surface area contributed by atoms with Gasteiger partial charge in [0.05, 0.1) is 12.2 Å². The average Bonchev–Trinajstić information content (AvgIpc) is 2.32. The molecule has 2 heteroatoms. The molecule has 2 nitrogen and oxygen atoms in total. The molecule has 0 spiro atoms. The van der Waals surface area contributed by atoms with Crippen LogP contribution in [0.25, 0.3) is 0 Å². The highest BCUT2D eigenvalue weighted by molar-refractivity contribution is 4.90. The molecule has 18 heavy (non-hydrogen) atoms. The summed E-state index contributed by atoms with van der Waals surface area (Å²) in [5, 5.41) is 10.2. The van der Waals surface area contributed by atoms with Crippen LogP contribution in [0.4, 0.5) is 0 Å². The van der Waals surface area contributed by atoms with E-state index in [1.165, 1.54) is 0 Å². The topological polar surface area (TPSA) is 29.5 Å². The summed E-state index contributed by atoms with van der Waals surface area (Å²) in [6, 6.07) is 0. The van der Waals surface area contributed by atoms with Gasteiger partial charge in [0.1, 0.15) is 0 Å². The van der Waals surface area contributed by atoms with E-state index in [-0.39, 0.29) is 12.2 Å². The van der Waals surface area contributed by atoms with Crippen molar-refractivity contribution in [1.29, 1.82) is 0 Å². The van der Waals surface area contributed by atoms with Gasteiger partial charge >= 0.3 is 0 Å². The maximum atomic E-state index is 10.2. The first kappa shape index (κ1) is 15.5. The Morgan fingerprint density at radius 3 is 2.17 bits per heavy atom. The lowest BCUT2D eigenvalue weighted by atomic mass is 10.0. The Labute approximate surface area is 112 Å². The average molecular weight is 252 g/mol. The van der Waals surface area contributed by atoms with Gasteiger partial charge in [0, 0.05) is 6.61 Å². The quantitative estimate of drug-likeness (QED) is 0.773. The number of hydrogen-bond acceptors (Lipinski definition) is 2. The normalized spacial score (nSPS) is 30.4.